The zero-order valence-electron chi connectivity index (χ0n) is 16.2. The number of amides is 1. The van der Waals surface area contributed by atoms with Crippen LogP contribution in [0.15, 0.2) is 47.4 Å². The first-order valence-electron chi connectivity index (χ1n) is 9.23. The van der Waals surface area contributed by atoms with Crippen LogP contribution in [-0.2, 0) is 10.0 Å². The van der Waals surface area contributed by atoms with E-state index in [2.05, 4.69) is 5.32 Å². The van der Waals surface area contributed by atoms with Gasteiger partial charge < -0.3 is 10.2 Å². The molecule has 1 amide bonds. The Hall–Kier alpha value is -2.00. The second-order valence-corrected chi connectivity index (χ2v) is 9.41. The molecule has 29 heavy (non-hydrogen) atoms. The number of rotatable bonds is 5. The van der Waals surface area contributed by atoms with E-state index >= 15 is 0 Å². The molecule has 9 heteroatoms. The average Bonchev–Trinajstić information content (AvgIpc) is 2.69. The van der Waals surface area contributed by atoms with Crippen LogP contribution < -0.4 is 5.32 Å². The number of piperazine rings is 1. The number of hydrogen-bond acceptors (Lipinski definition) is 4. The molecule has 3 rings (SSSR count). The van der Waals surface area contributed by atoms with E-state index in [1.165, 1.54) is 34.6 Å². The van der Waals surface area contributed by atoms with Crippen LogP contribution in [0.3, 0.4) is 0 Å². The first-order valence-corrected chi connectivity index (χ1v) is 11.0. The maximum Gasteiger partial charge on any atom is 0.251 e. The van der Waals surface area contributed by atoms with E-state index in [0.717, 1.165) is 5.56 Å². The van der Waals surface area contributed by atoms with Gasteiger partial charge in [0.25, 0.3) is 5.91 Å². The fraction of sp³-hybridized carbons (Fsp3) is 0.350. The van der Waals surface area contributed by atoms with Crippen molar-refractivity contribution >= 4 is 27.5 Å². The van der Waals surface area contributed by atoms with E-state index in [0.29, 0.717) is 26.2 Å². The zero-order chi connectivity index (χ0) is 21.2. The molecule has 0 saturated carbocycles. The summed E-state index contributed by atoms with van der Waals surface area (Å²) in [5, 5.41) is 2.87. The lowest BCUT2D eigenvalue weighted by atomic mass is 10.1. The standard InChI is InChI=1S/C20H23ClFN3O3S/c1-14(15-3-6-17(22)7-4-15)23-20(26)16-5-8-18(21)19(13-16)29(27,28)25-11-9-24(2)10-12-25/h3-8,13-14H,9-12H2,1-2H3,(H,23,26). The van der Waals surface area contributed by atoms with Crippen molar-refractivity contribution in [2.24, 2.45) is 0 Å². The second kappa shape index (κ2) is 8.79. The van der Waals surface area contributed by atoms with Crippen LogP contribution in [0.4, 0.5) is 4.39 Å². The third-order valence-corrected chi connectivity index (χ3v) is 7.37. The van der Waals surface area contributed by atoms with E-state index in [1.54, 1.807) is 19.1 Å². The SMILES string of the molecule is CC(NC(=O)c1ccc(Cl)c(S(=O)(=O)N2CCN(C)CC2)c1)c1ccc(F)cc1. The van der Waals surface area contributed by atoms with Crippen LogP contribution in [0, 0.1) is 5.82 Å². The average molecular weight is 440 g/mol. The van der Waals surface area contributed by atoms with Crippen molar-refractivity contribution in [3.05, 3.63) is 64.4 Å². The van der Waals surface area contributed by atoms with Crippen LogP contribution in [0.5, 0.6) is 0 Å². The summed E-state index contributed by atoms with van der Waals surface area (Å²) in [7, 11) is -1.87. The molecule has 1 aliphatic heterocycles. The van der Waals surface area contributed by atoms with Gasteiger partial charge in [0.1, 0.15) is 10.7 Å². The highest BCUT2D eigenvalue weighted by Gasteiger charge is 2.30. The third-order valence-electron chi connectivity index (χ3n) is 4.99. The monoisotopic (exact) mass is 439 g/mol. The van der Waals surface area contributed by atoms with Gasteiger partial charge in [-0.1, -0.05) is 23.7 Å². The Bertz CT molecular complexity index is 991. The molecule has 1 unspecified atom stereocenters. The number of nitrogens with zero attached hydrogens (tertiary/aromatic N) is 2. The van der Waals surface area contributed by atoms with Crippen molar-refractivity contribution in [3.8, 4) is 0 Å². The molecule has 0 radical (unpaired) electrons. The molecule has 1 N–H and O–H groups in total. The molecule has 1 aliphatic rings. The molecular formula is C20H23ClFN3O3S. The Morgan fingerprint density at radius 1 is 1.10 bits per heavy atom. The smallest absolute Gasteiger partial charge is 0.251 e. The van der Waals surface area contributed by atoms with Gasteiger partial charge in [-0.05, 0) is 49.9 Å². The molecule has 0 aliphatic carbocycles. The topological polar surface area (TPSA) is 69.7 Å². The summed E-state index contributed by atoms with van der Waals surface area (Å²) in [6, 6.07) is 9.65. The first-order chi connectivity index (χ1) is 13.7. The van der Waals surface area contributed by atoms with E-state index < -0.39 is 15.9 Å². The Labute approximate surface area is 175 Å². The molecule has 2 aromatic carbocycles. The number of halogens is 2. The van der Waals surface area contributed by atoms with Gasteiger partial charge in [0.2, 0.25) is 10.0 Å². The van der Waals surface area contributed by atoms with E-state index in [9.17, 15) is 17.6 Å². The van der Waals surface area contributed by atoms with Crippen molar-refractivity contribution in [1.82, 2.24) is 14.5 Å². The zero-order valence-corrected chi connectivity index (χ0v) is 17.8. The maximum atomic E-state index is 13.1. The largest absolute Gasteiger partial charge is 0.346 e. The normalized spacial score (nSPS) is 17.1. The van der Waals surface area contributed by atoms with Gasteiger partial charge in [-0.15, -0.1) is 0 Å². The molecule has 1 heterocycles. The van der Waals surface area contributed by atoms with Gasteiger partial charge in [-0.25, -0.2) is 12.8 Å². The van der Waals surface area contributed by atoms with Crippen LogP contribution in [0.2, 0.25) is 5.02 Å². The molecule has 156 valence electrons. The van der Waals surface area contributed by atoms with Crippen molar-refractivity contribution in [3.63, 3.8) is 0 Å². The van der Waals surface area contributed by atoms with Gasteiger partial charge in [0, 0.05) is 31.7 Å². The maximum absolute atomic E-state index is 13.1. The highest BCUT2D eigenvalue weighted by molar-refractivity contribution is 7.89. The number of carbonyl (C=O) groups is 1. The minimum Gasteiger partial charge on any atom is -0.346 e. The molecule has 1 saturated heterocycles. The summed E-state index contributed by atoms with van der Waals surface area (Å²) >= 11 is 6.17. The number of carbonyl (C=O) groups excluding carboxylic acids is 1. The fourth-order valence-electron chi connectivity index (χ4n) is 3.12. The summed E-state index contributed by atoms with van der Waals surface area (Å²) in [6.07, 6.45) is 0. The molecule has 6 nitrogen and oxygen atoms in total. The lowest BCUT2D eigenvalue weighted by molar-refractivity contribution is 0.0939. The van der Waals surface area contributed by atoms with Gasteiger partial charge >= 0.3 is 0 Å². The number of sulfonamides is 1. The van der Waals surface area contributed by atoms with Gasteiger partial charge in [0.05, 0.1) is 11.1 Å². The lowest BCUT2D eigenvalue weighted by Gasteiger charge is -2.31. The summed E-state index contributed by atoms with van der Waals surface area (Å²) in [5.41, 5.74) is 0.926. The molecule has 0 aromatic heterocycles. The summed E-state index contributed by atoms with van der Waals surface area (Å²) < 4.78 is 40.5. The second-order valence-electron chi connectivity index (χ2n) is 7.10. The highest BCUT2D eigenvalue weighted by atomic mass is 35.5. The van der Waals surface area contributed by atoms with Crippen molar-refractivity contribution < 1.29 is 17.6 Å². The minimum absolute atomic E-state index is 0.0760. The van der Waals surface area contributed by atoms with Crippen LogP contribution in [0.25, 0.3) is 0 Å². The molecule has 2 aromatic rings. The molecule has 1 fully saturated rings. The lowest BCUT2D eigenvalue weighted by Crippen LogP contribution is -2.47. The van der Waals surface area contributed by atoms with Crippen molar-refractivity contribution in [2.75, 3.05) is 33.2 Å². The minimum atomic E-state index is -3.80. The summed E-state index contributed by atoms with van der Waals surface area (Å²) in [6.45, 7) is 3.77. The Morgan fingerprint density at radius 2 is 1.72 bits per heavy atom. The molecule has 0 bridgehead atoms. The fourth-order valence-corrected chi connectivity index (χ4v) is 5.05. The van der Waals surface area contributed by atoms with Gasteiger partial charge in [0.15, 0.2) is 0 Å². The highest BCUT2D eigenvalue weighted by Crippen LogP contribution is 2.27. The van der Waals surface area contributed by atoms with Crippen LogP contribution in [0.1, 0.15) is 28.9 Å². The summed E-state index contributed by atoms with van der Waals surface area (Å²) in [4.78, 5) is 14.6. The van der Waals surface area contributed by atoms with E-state index in [4.69, 9.17) is 11.6 Å². The van der Waals surface area contributed by atoms with Crippen LogP contribution in [-0.4, -0.2) is 56.8 Å². The van der Waals surface area contributed by atoms with E-state index in [-0.39, 0.29) is 27.3 Å². The van der Waals surface area contributed by atoms with Gasteiger partial charge in [-0.2, -0.15) is 4.31 Å². The summed E-state index contributed by atoms with van der Waals surface area (Å²) in [5.74, 6) is -0.794. The quantitative estimate of drug-likeness (QED) is 0.777. The number of benzene rings is 2. The Kier molecular flexibility index (Phi) is 6.58. The third kappa shape index (κ3) is 4.95. The molecule has 1 atom stereocenters. The molecular weight excluding hydrogens is 417 g/mol. The predicted octanol–water partition coefficient (Wildman–Crippen LogP) is 2.91. The molecule has 0 spiro atoms. The van der Waals surface area contributed by atoms with Crippen LogP contribution >= 0.6 is 11.6 Å². The Balaban J connectivity index is 1.80. The van der Waals surface area contributed by atoms with E-state index in [1.807, 2.05) is 11.9 Å². The predicted molar refractivity (Wildman–Crippen MR) is 110 cm³/mol. The number of hydrogen-bond donors (Lipinski definition) is 1. The number of nitrogens with one attached hydrogen (secondary N) is 1. The number of likely N-dealkylation sites (N-methyl/N-ethyl adjacent to an activating group) is 1. The van der Waals surface area contributed by atoms with Crippen molar-refractivity contribution in [1.29, 1.82) is 0 Å². The Morgan fingerprint density at radius 3 is 2.34 bits per heavy atom. The van der Waals surface area contributed by atoms with Crippen molar-refractivity contribution in [2.45, 2.75) is 17.9 Å². The first kappa shape index (κ1) is 21.7. The van der Waals surface area contributed by atoms with Gasteiger partial charge in [-0.3, -0.25) is 4.79 Å².